The molecule has 27 heavy (non-hydrogen) atoms. The van der Waals surface area contributed by atoms with Crippen molar-refractivity contribution in [3.05, 3.63) is 16.1 Å². The van der Waals surface area contributed by atoms with Crippen molar-refractivity contribution in [1.29, 1.82) is 0 Å². The first-order valence-corrected chi connectivity index (χ1v) is 10.2. The molecule has 2 heterocycles. The number of guanidine groups is 1. The molecule has 0 aromatic carbocycles. The Morgan fingerprint density at radius 1 is 1.30 bits per heavy atom. The molecule has 0 amide bonds. The zero-order valence-electron chi connectivity index (χ0n) is 15.6. The third-order valence-electron chi connectivity index (χ3n) is 4.07. The summed E-state index contributed by atoms with van der Waals surface area (Å²) in [5, 5.41) is 7.84. The second-order valence-electron chi connectivity index (χ2n) is 6.22. The van der Waals surface area contributed by atoms with Gasteiger partial charge in [-0.3, -0.25) is 9.89 Å². The number of morpholine rings is 1. The van der Waals surface area contributed by atoms with Gasteiger partial charge in [-0.1, -0.05) is 0 Å². The summed E-state index contributed by atoms with van der Waals surface area (Å²) in [6, 6.07) is 0. The van der Waals surface area contributed by atoms with Crippen molar-refractivity contribution in [3.8, 4) is 0 Å². The Labute approximate surface area is 162 Å². The van der Waals surface area contributed by atoms with Crippen LogP contribution in [0.25, 0.3) is 0 Å². The smallest absolute Gasteiger partial charge is 0.379 e. The molecule has 0 unspecified atom stereocenters. The van der Waals surface area contributed by atoms with Crippen LogP contribution in [0, 0.1) is 0 Å². The molecule has 0 bridgehead atoms. The van der Waals surface area contributed by atoms with Crippen LogP contribution in [-0.2, 0) is 17.3 Å². The summed E-state index contributed by atoms with van der Waals surface area (Å²) in [4.78, 5) is 10.6. The van der Waals surface area contributed by atoms with Crippen LogP contribution >= 0.6 is 11.3 Å². The van der Waals surface area contributed by atoms with E-state index in [1.165, 1.54) is 0 Å². The van der Waals surface area contributed by atoms with Crippen LogP contribution in [0.15, 0.2) is 10.4 Å². The fourth-order valence-corrected chi connectivity index (χ4v) is 3.45. The summed E-state index contributed by atoms with van der Waals surface area (Å²) >= 11 is 1.03. The van der Waals surface area contributed by atoms with Gasteiger partial charge in [-0.05, 0) is 26.3 Å². The number of nitrogens with zero attached hydrogens (tertiary/aromatic N) is 3. The van der Waals surface area contributed by atoms with Crippen LogP contribution in [0.3, 0.4) is 0 Å². The number of aliphatic imine (C=N–C) groups is 1. The Morgan fingerprint density at radius 3 is 2.74 bits per heavy atom. The van der Waals surface area contributed by atoms with Crippen molar-refractivity contribution in [2.24, 2.45) is 4.99 Å². The van der Waals surface area contributed by atoms with Gasteiger partial charge < -0.3 is 15.4 Å². The summed E-state index contributed by atoms with van der Waals surface area (Å²) < 4.78 is 43.0. The number of aromatic nitrogens is 1. The van der Waals surface area contributed by atoms with Gasteiger partial charge in [0.25, 0.3) is 0 Å². The predicted molar refractivity (Wildman–Crippen MR) is 101 cm³/mol. The van der Waals surface area contributed by atoms with Crippen molar-refractivity contribution >= 4 is 17.3 Å². The van der Waals surface area contributed by atoms with Gasteiger partial charge in [0.15, 0.2) is 11.7 Å². The average Bonchev–Trinajstić information content (AvgIpc) is 3.11. The Balaban J connectivity index is 1.66. The first kappa shape index (κ1) is 21.9. The molecule has 1 aromatic rings. The van der Waals surface area contributed by atoms with E-state index in [9.17, 15) is 13.2 Å². The molecule has 0 atom stereocenters. The van der Waals surface area contributed by atoms with Gasteiger partial charge in [0.2, 0.25) is 0 Å². The second kappa shape index (κ2) is 11.5. The van der Waals surface area contributed by atoms with Gasteiger partial charge in [-0.25, -0.2) is 4.98 Å². The molecule has 2 N–H and O–H groups in total. The third-order valence-corrected chi connectivity index (χ3v) is 4.98. The normalized spacial score (nSPS) is 16.5. The maximum Gasteiger partial charge on any atom is 0.434 e. The van der Waals surface area contributed by atoms with Gasteiger partial charge in [0.05, 0.1) is 18.2 Å². The van der Waals surface area contributed by atoms with Crippen molar-refractivity contribution in [3.63, 3.8) is 0 Å². The highest BCUT2D eigenvalue weighted by Crippen LogP contribution is 2.29. The number of halogens is 3. The highest BCUT2D eigenvalue weighted by molar-refractivity contribution is 7.09. The Kier molecular flexibility index (Phi) is 9.29. The van der Waals surface area contributed by atoms with Crippen molar-refractivity contribution < 1.29 is 17.9 Å². The topological polar surface area (TPSA) is 61.8 Å². The van der Waals surface area contributed by atoms with E-state index in [4.69, 9.17) is 4.74 Å². The van der Waals surface area contributed by atoms with Gasteiger partial charge in [-0.15, -0.1) is 11.3 Å². The fourth-order valence-electron chi connectivity index (χ4n) is 2.65. The van der Waals surface area contributed by atoms with Crippen molar-refractivity contribution in [1.82, 2.24) is 20.5 Å². The molecule has 0 spiro atoms. The zero-order chi connectivity index (χ0) is 19.5. The van der Waals surface area contributed by atoms with E-state index in [2.05, 4.69) is 25.5 Å². The van der Waals surface area contributed by atoms with Crippen molar-refractivity contribution in [2.75, 3.05) is 52.5 Å². The minimum atomic E-state index is -4.38. The molecule has 0 radical (unpaired) electrons. The monoisotopic (exact) mass is 407 g/mol. The molecule has 1 aromatic heterocycles. The van der Waals surface area contributed by atoms with E-state index < -0.39 is 11.9 Å². The number of rotatable bonds is 9. The maximum atomic E-state index is 12.6. The van der Waals surface area contributed by atoms with Crippen LogP contribution in [-0.4, -0.2) is 68.3 Å². The van der Waals surface area contributed by atoms with Gasteiger partial charge in [-0.2, -0.15) is 13.2 Å². The standard InChI is InChI=1S/C17H28F3N5OS/c1-2-21-16(22-6-3-4-8-25-9-11-26-12-10-25)23-7-5-15-24-14(13-27-15)17(18,19)20/h13H,2-12H2,1H3,(H2,21,22,23). The number of thiazole rings is 1. The van der Waals surface area contributed by atoms with Gasteiger partial charge in [0.1, 0.15) is 0 Å². The molecule has 0 aliphatic carbocycles. The molecular formula is C17H28F3N5OS. The maximum absolute atomic E-state index is 12.6. The fraction of sp³-hybridized carbons (Fsp3) is 0.765. The van der Waals surface area contributed by atoms with Crippen molar-refractivity contribution in [2.45, 2.75) is 32.4 Å². The highest BCUT2D eigenvalue weighted by Gasteiger charge is 2.33. The second-order valence-corrected chi connectivity index (χ2v) is 7.17. The lowest BCUT2D eigenvalue weighted by molar-refractivity contribution is -0.140. The summed E-state index contributed by atoms with van der Waals surface area (Å²) in [7, 11) is 0. The quantitative estimate of drug-likeness (QED) is 0.374. The number of unbranched alkanes of at least 4 members (excludes halogenated alkanes) is 1. The summed E-state index contributed by atoms with van der Waals surface area (Å²) in [6.45, 7) is 8.61. The van der Waals surface area contributed by atoms with E-state index in [-0.39, 0.29) is 0 Å². The minimum absolute atomic E-state index is 0.433. The van der Waals surface area contributed by atoms with Gasteiger partial charge >= 0.3 is 6.18 Å². The van der Waals surface area contributed by atoms with Gasteiger partial charge in [0, 0.05) is 44.5 Å². The summed E-state index contributed by atoms with van der Waals surface area (Å²) in [6.07, 6.45) is -1.86. The third kappa shape index (κ3) is 8.44. The molecule has 6 nitrogen and oxygen atoms in total. The first-order chi connectivity index (χ1) is 13.0. The Morgan fingerprint density at radius 2 is 2.07 bits per heavy atom. The van der Waals surface area contributed by atoms with E-state index in [1.54, 1.807) is 0 Å². The summed E-state index contributed by atoms with van der Waals surface area (Å²) in [5.74, 6) is 0.691. The molecule has 2 rings (SSSR count). The molecule has 1 saturated heterocycles. The zero-order valence-corrected chi connectivity index (χ0v) is 16.5. The Bertz CT molecular complexity index is 573. The number of alkyl halides is 3. The molecule has 154 valence electrons. The van der Waals surface area contributed by atoms with Crippen LogP contribution in [0.1, 0.15) is 30.5 Å². The summed E-state index contributed by atoms with van der Waals surface area (Å²) in [5.41, 5.74) is -0.816. The first-order valence-electron chi connectivity index (χ1n) is 9.33. The van der Waals surface area contributed by atoms with Crippen LogP contribution in [0.4, 0.5) is 13.2 Å². The molecule has 10 heteroatoms. The minimum Gasteiger partial charge on any atom is -0.379 e. The highest BCUT2D eigenvalue weighted by atomic mass is 32.1. The largest absolute Gasteiger partial charge is 0.434 e. The molecule has 1 fully saturated rings. The van der Waals surface area contributed by atoms with Crippen LogP contribution in [0.5, 0.6) is 0 Å². The van der Waals surface area contributed by atoms with E-state index in [0.29, 0.717) is 23.9 Å². The van der Waals surface area contributed by atoms with Crippen LogP contribution in [0.2, 0.25) is 0 Å². The lowest BCUT2D eigenvalue weighted by atomic mass is 10.3. The molecular weight excluding hydrogens is 379 g/mol. The lowest BCUT2D eigenvalue weighted by Gasteiger charge is -2.26. The van der Waals surface area contributed by atoms with E-state index in [0.717, 1.165) is 75.5 Å². The van der Waals surface area contributed by atoms with E-state index in [1.807, 2.05) is 6.92 Å². The predicted octanol–water partition coefficient (Wildman–Crippen LogP) is 2.37. The van der Waals surface area contributed by atoms with Crippen LogP contribution < -0.4 is 10.6 Å². The Hall–Kier alpha value is -1.39. The number of hydrogen-bond acceptors (Lipinski definition) is 5. The van der Waals surface area contributed by atoms with E-state index >= 15 is 0 Å². The molecule has 1 aliphatic rings. The SMILES string of the molecule is CCNC(=NCCCCN1CCOCC1)NCCc1nc(C(F)(F)F)cs1. The lowest BCUT2D eigenvalue weighted by Crippen LogP contribution is -2.38. The molecule has 0 saturated carbocycles. The molecule has 1 aliphatic heterocycles. The number of ether oxygens (including phenoxy) is 1. The number of hydrogen-bond donors (Lipinski definition) is 2. The average molecular weight is 408 g/mol. The number of nitrogens with one attached hydrogen (secondary N) is 2.